The van der Waals surface area contributed by atoms with Crippen molar-refractivity contribution >= 4 is 5.91 Å². The lowest BCUT2D eigenvalue weighted by Crippen LogP contribution is -2.43. The molecule has 1 aromatic carbocycles. The van der Waals surface area contributed by atoms with Gasteiger partial charge in [0.25, 0.3) is 0 Å². The molecule has 0 aliphatic carbocycles. The quantitative estimate of drug-likeness (QED) is 0.854. The molecule has 1 amide bonds. The van der Waals surface area contributed by atoms with Gasteiger partial charge in [-0.25, -0.2) is 0 Å². The van der Waals surface area contributed by atoms with Crippen LogP contribution in [0, 0.1) is 5.41 Å². The molecule has 1 saturated heterocycles. The Hall–Kier alpha value is -1.35. The van der Waals surface area contributed by atoms with Gasteiger partial charge in [0.1, 0.15) is 0 Å². The highest BCUT2D eigenvalue weighted by Crippen LogP contribution is 2.32. The summed E-state index contributed by atoms with van der Waals surface area (Å²) in [6.45, 7) is 5.96. The Morgan fingerprint density at radius 3 is 2.74 bits per heavy atom. The lowest BCUT2D eigenvalue weighted by molar-refractivity contribution is -0.131. The lowest BCUT2D eigenvalue weighted by atomic mass is 9.81. The van der Waals surface area contributed by atoms with E-state index in [-0.39, 0.29) is 17.4 Å². The molecule has 0 saturated carbocycles. The summed E-state index contributed by atoms with van der Waals surface area (Å²) in [5.74, 6) is 0.204. The molecule has 2 N–H and O–H groups in total. The van der Waals surface area contributed by atoms with Gasteiger partial charge >= 0.3 is 0 Å². The summed E-state index contributed by atoms with van der Waals surface area (Å²) in [5, 5.41) is 6.52. The molecule has 19 heavy (non-hydrogen) atoms. The Balaban J connectivity index is 2.03. The highest BCUT2D eigenvalue weighted by molar-refractivity contribution is 5.83. The zero-order chi connectivity index (χ0) is 13.7. The maximum Gasteiger partial charge on any atom is 0.228 e. The fraction of sp³-hybridized carbons (Fsp3) is 0.562. The molecule has 3 nitrogen and oxygen atoms in total. The first-order chi connectivity index (χ1) is 9.18. The van der Waals surface area contributed by atoms with Crippen LogP contribution in [0.15, 0.2) is 30.3 Å². The second-order valence-corrected chi connectivity index (χ2v) is 5.56. The molecular weight excluding hydrogens is 236 g/mol. The van der Waals surface area contributed by atoms with Gasteiger partial charge in [0, 0.05) is 6.54 Å². The molecule has 104 valence electrons. The molecule has 3 heteroatoms. The number of benzene rings is 1. The summed E-state index contributed by atoms with van der Waals surface area (Å²) in [4.78, 5) is 12.6. The van der Waals surface area contributed by atoms with Crippen LogP contribution in [0.25, 0.3) is 0 Å². The van der Waals surface area contributed by atoms with Crippen molar-refractivity contribution in [1.29, 1.82) is 0 Å². The number of hydrogen-bond acceptors (Lipinski definition) is 2. The second-order valence-electron chi connectivity index (χ2n) is 5.56. The number of rotatable bonds is 5. The highest BCUT2D eigenvalue weighted by Gasteiger charge is 2.40. The predicted molar refractivity (Wildman–Crippen MR) is 77.8 cm³/mol. The van der Waals surface area contributed by atoms with Gasteiger partial charge in [-0.05, 0) is 31.9 Å². The van der Waals surface area contributed by atoms with Crippen LogP contribution < -0.4 is 10.6 Å². The summed E-state index contributed by atoms with van der Waals surface area (Å²) < 4.78 is 0. The first kappa shape index (κ1) is 14.1. The fourth-order valence-corrected chi connectivity index (χ4v) is 2.92. The third kappa shape index (κ3) is 3.16. The molecule has 1 aliphatic heterocycles. The van der Waals surface area contributed by atoms with E-state index in [0.29, 0.717) is 0 Å². The number of carbonyl (C=O) groups is 1. The predicted octanol–water partition coefficient (Wildman–Crippen LogP) is 2.64. The van der Waals surface area contributed by atoms with Gasteiger partial charge in [0.2, 0.25) is 5.91 Å². The Morgan fingerprint density at radius 2 is 2.16 bits per heavy atom. The molecule has 1 fully saturated rings. The van der Waals surface area contributed by atoms with E-state index < -0.39 is 0 Å². The molecule has 2 atom stereocenters. The highest BCUT2D eigenvalue weighted by atomic mass is 16.2. The average molecular weight is 260 g/mol. The van der Waals surface area contributed by atoms with Gasteiger partial charge in [-0.15, -0.1) is 0 Å². The van der Waals surface area contributed by atoms with E-state index >= 15 is 0 Å². The summed E-state index contributed by atoms with van der Waals surface area (Å²) in [6, 6.07) is 10.2. The first-order valence-corrected chi connectivity index (χ1v) is 7.24. The summed E-state index contributed by atoms with van der Waals surface area (Å²) >= 11 is 0. The van der Waals surface area contributed by atoms with Crippen molar-refractivity contribution in [3.63, 3.8) is 0 Å². The Morgan fingerprint density at radius 1 is 1.42 bits per heavy atom. The van der Waals surface area contributed by atoms with Gasteiger partial charge < -0.3 is 10.6 Å². The van der Waals surface area contributed by atoms with Crippen molar-refractivity contribution in [3.05, 3.63) is 35.9 Å². The number of nitrogens with one attached hydrogen (secondary N) is 2. The van der Waals surface area contributed by atoms with E-state index in [1.54, 1.807) is 0 Å². The Labute approximate surface area is 115 Å². The largest absolute Gasteiger partial charge is 0.349 e. The third-order valence-electron chi connectivity index (χ3n) is 4.10. The molecule has 1 heterocycles. The minimum absolute atomic E-state index is 0.0723. The van der Waals surface area contributed by atoms with Crippen LogP contribution in [-0.4, -0.2) is 19.0 Å². The molecule has 1 aromatic rings. The van der Waals surface area contributed by atoms with Crippen LogP contribution in [0.4, 0.5) is 0 Å². The molecule has 1 aliphatic rings. The fourth-order valence-electron chi connectivity index (χ4n) is 2.92. The van der Waals surface area contributed by atoms with Crippen LogP contribution in [0.1, 0.15) is 44.7 Å². The van der Waals surface area contributed by atoms with Crippen molar-refractivity contribution in [3.8, 4) is 0 Å². The van der Waals surface area contributed by atoms with Crippen LogP contribution in [0.3, 0.4) is 0 Å². The first-order valence-electron chi connectivity index (χ1n) is 7.24. The molecule has 1 unspecified atom stereocenters. The summed E-state index contributed by atoms with van der Waals surface area (Å²) in [7, 11) is 0. The molecule has 0 bridgehead atoms. The third-order valence-corrected chi connectivity index (χ3v) is 4.10. The van der Waals surface area contributed by atoms with Crippen molar-refractivity contribution in [1.82, 2.24) is 10.6 Å². The summed E-state index contributed by atoms with van der Waals surface area (Å²) in [6.07, 6.45) is 2.97. The molecular formula is C16H24N2O. The monoisotopic (exact) mass is 260 g/mol. The van der Waals surface area contributed by atoms with E-state index in [1.807, 2.05) is 18.2 Å². The molecule has 0 spiro atoms. The lowest BCUT2D eigenvalue weighted by Gasteiger charge is -2.28. The molecule has 0 aromatic heterocycles. The van der Waals surface area contributed by atoms with E-state index in [4.69, 9.17) is 0 Å². The standard InChI is InChI=1S/C16H24N2O/c1-3-9-16(10-11-17-12-16)15(19)18-13(2)14-7-5-4-6-8-14/h4-8,13,17H,3,9-12H2,1-2H3,(H,18,19)/t13-,16?/m1/s1. The Kier molecular flexibility index (Phi) is 4.59. The maximum absolute atomic E-state index is 12.6. The van der Waals surface area contributed by atoms with Crippen LogP contribution >= 0.6 is 0 Å². The van der Waals surface area contributed by atoms with Crippen molar-refractivity contribution in [2.45, 2.75) is 39.2 Å². The van der Waals surface area contributed by atoms with Crippen LogP contribution in [0.5, 0.6) is 0 Å². The number of amides is 1. The number of hydrogen-bond donors (Lipinski definition) is 2. The van der Waals surface area contributed by atoms with Crippen molar-refractivity contribution < 1.29 is 4.79 Å². The second kappa shape index (κ2) is 6.20. The van der Waals surface area contributed by atoms with E-state index in [1.165, 1.54) is 0 Å². The van der Waals surface area contributed by atoms with Crippen LogP contribution in [0.2, 0.25) is 0 Å². The minimum atomic E-state index is -0.197. The van der Waals surface area contributed by atoms with E-state index in [0.717, 1.165) is 37.9 Å². The van der Waals surface area contributed by atoms with Gasteiger partial charge in [-0.2, -0.15) is 0 Å². The van der Waals surface area contributed by atoms with Gasteiger partial charge in [-0.3, -0.25) is 4.79 Å². The Bertz CT molecular complexity index is 410. The van der Waals surface area contributed by atoms with Crippen molar-refractivity contribution in [2.24, 2.45) is 5.41 Å². The summed E-state index contributed by atoms with van der Waals surface area (Å²) in [5.41, 5.74) is 0.964. The SMILES string of the molecule is CCCC1(C(=O)N[C@H](C)c2ccccc2)CCNC1. The molecule has 0 radical (unpaired) electrons. The van der Waals surface area contributed by atoms with Crippen LogP contribution in [-0.2, 0) is 4.79 Å². The van der Waals surface area contributed by atoms with Crippen molar-refractivity contribution in [2.75, 3.05) is 13.1 Å². The van der Waals surface area contributed by atoms with E-state index in [2.05, 4.69) is 36.6 Å². The maximum atomic E-state index is 12.6. The zero-order valence-electron chi connectivity index (χ0n) is 11.9. The number of carbonyl (C=O) groups excluding carboxylic acids is 1. The van der Waals surface area contributed by atoms with Gasteiger partial charge in [0.15, 0.2) is 0 Å². The van der Waals surface area contributed by atoms with Gasteiger partial charge in [-0.1, -0.05) is 43.7 Å². The smallest absolute Gasteiger partial charge is 0.228 e. The minimum Gasteiger partial charge on any atom is -0.349 e. The zero-order valence-corrected chi connectivity index (χ0v) is 11.9. The average Bonchev–Trinajstić information content (AvgIpc) is 2.90. The van der Waals surface area contributed by atoms with E-state index in [9.17, 15) is 4.79 Å². The topological polar surface area (TPSA) is 41.1 Å². The van der Waals surface area contributed by atoms with Gasteiger partial charge in [0.05, 0.1) is 11.5 Å². The normalized spacial score (nSPS) is 24.1. The molecule has 2 rings (SSSR count).